The maximum Gasteiger partial charge on any atom is 0.161 e. The minimum absolute atomic E-state index is 0.491. The van der Waals surface area contributed by atoms with Gasteiger partial charge in [-0.2, -0.15) is 0 Å². The van der Waals surface area contributed by atoms with Crippen LogP contribution in [0, 0.1) is 5.92 Å². The van der Waals surface area contributed by atoms with Gasteiger partial charge in [0.25, 0.3) is 0 Å². The number of hydrogen-bond donors (Lipinski definition) is 0. The predicted octanol–water partition coefficient (Wildman–Crippen LogP) is 6.30. The van der Waals surface area contributed by atoms with E-state index in [-0.39, 0.29) is 0 Å². The van der Waals surface area contributed by atoms with Gasteiger partial charge in [0.05, 0.1) is 25.1 Å². The van der Waals surface area contributed by atoms with Crippen LogP contribution in [0.15, 0.2) is 72.8 Å². The highest BCUT2D eigenvalue weighted by Gasteiger charge is 2.23. The summed E-state index contributed by atoms with van der Waals surface area (Å²) in [6.45, 7) is 9.46. The van der Waals surface area contributed by atoms with E-state index < -0.39 is 0 Å². The summed E-state index contributed by atoms with van der Waals surface area (Å²) in [5.74, 6) is 3.90. The molecule has 1 aromatic heterocycles. The number of benzene rings is 3. The molecule has 5 rings (SSSR count). The summed E-state index contributed by atoms with van der Waals surface area (Å²) in [5, 5.41) is 0. The molecule has 0 unspecified atom stereocenters. The molecule has 2 heterocycles. The average molecular weight is 542 g/mol. The third-order valence-corrected chi connectivity index (χ3v) is 7.00. The fourth-order valence-electron chi connectivity index (χ4n) is 5.22. The van der Waals surface area contributed by atoms with Crippen molar-refractivity contribution in [1.29, 1.82) is 0 Å². The molecule has 0 radical (unpaired) electrons. The van der Waals surface area contributed by atoms with Crippen molar-refractivity contribution in [2.45, 2.75) is 33.5 Å². The van der Waals surface area contributed by atoms with Crippen LogP contribution in [0.4, 0.5) is 0 Å². The molecule has 0 saturated carbocycles. The summed E-state index contributed by atoms with van der Waals surface area (Å²) < 4.78 is 24.9. The highest BCUT2D eigenvalue weighted by molar-refractivity contribution is 5.69. The van der Waals surface area contributed by atoms with E-state index in [9.17, 15) is 0 Å². The van der Waals surface area contributed by atoms with Crippen LogP contribution in [0.3, 0.4) is 0 Å². The zero-order chi connectivity index (χ0) is 27.9. The summed E-state index contributed by atoms with van der Waals surface area (Å²) in [4.78, 5) is 7.76. The molecule has 40 heavy (non-hydrogen) atoms. The van der Waals surface area contributed by atoms with Gasteiger partial charge in [-0.25, -0.2) is 4.98 Å². The van der Waals surface area contributed by atoms with Crippen molar-refractivity contribution >= 4 is 0 Å². The van der Waals surface area contributed by atoms with Crippen molar-refractivity contribution < 1.29 is 18.9 Å². The molecule has 210 valence electrons. The average Bonchev–Trinajstić information content (AvgIpc) is 3.33. The lowest BCUT2D eigenvalue weighted by atomic mass is 10.1. The first-order chi connectivity index (χ1) is 19.6. The van der Waals surface area contributed by atoms with Crippen molar-refractivity contribution in [3.8, 4) is 39.9 Å². The van der Waals surface area contributed by atoms with Crippen molar-refractivity contribution in [2.24, 2.45) is 5.92 Å². The summed E-state index contributed by atoms with van der Waals surface area (Å²) in [5.41, 5.74) is 5.49. The third-order valence-electron chi connectivity index (χ3n) is 7.00. The second-order valence-corrected chi connectivity index (χ2v) is 10.5. The number of methoxy groups -OCH3 is 2. The fourth-order valence-corrected chi connectivity index (χ4v) is 5.22. The van der Waals surface area contributed by atoms with Crippen LogP contribution in [-0.2, 0) is 24.4 Å². The molecule has 1 aliphatic rings. The first-order valence-corrected chi connectivity index (χ1v) is 13.9. The first-order valence-electron chi connectivity index (χ1n) is 13.9. The monoisotopic (exact) mass is 541 g/mol. The minimum Gasteiger partial charge on any atom is -0.497 e. The second kappa shape index (κ2) is 13.0. The maximum atomic E-state index is 5.87. The topological polar surface area (TPSA) is 58.0 Å². The van der Waals surface area contributed by atoms with Crippen LogP contribution in [0.1, 0.15) is 25.1 Å². The highest BCUT2D eigenvalue weighted by atomic mass is 16.6. The van der Waals surface area contributed by atoms with E-state index in [0.717, 1.165) is 59.5 Å². The molecule has 7 heteroatoms. The fraction of sp³-hybridized carbons (Fsp3) is 0.364. The lowest BCUT2D eigenvalue weighted by Crippen LogP contribution is -2.29. The van der Waals surface area contributed by atoms with Crippen molar-refractivity contribution in [2.75, 3.05) is 40.6 Å². The number of fused-ring (bicyclic) bond motifs is 1. The molecule has 0 N–H and O–H groups in total. The number of imidazole rings is 1. The van der Waals surface area contributed by atoms with E-state index in [4.69, 9.17) is 23.9 Å². The molecular weight excluding hydrogens is 502 g/mol. The number of ether oxygens (including phenoxy) is 4. The Bertz CT molecular complexity index is 1380. The van der Waals surface area contributed by atoms with E-state index in [1.807, 2.05) is 24.3 Å². The summed E-state index contributed by atoms with van der Waals surface area (Å²) >= 11 is 0. The lowest BCUT2D eigenvalue weighted by Gasteiger charge is -2.27. The largest absolute Gasteiger partial charge is 0.497 e. The zero-order valence-corrected chi connectivity index (χ0v) is 23.9. The summed E-state index contributed by atoms with van der Waals surface area (Å²) in [7, 11) is 3.44. The van der Waals surface area contributed by atoms with Gasteiger partial charge in [0, 0.05) is 44.4 Å². The van der Waals surface area contributed by atoms with E-state index in [2.05, 4.69) is 71.8 Å². The van der Waals surface area contributed by atoms with Gasteiger partial charge < -0.3 is 23.5 Å². The molecular formula is C33H39N3O4. The Hall–Kier alpha value is -3.81. The molecule has 0 bridgehead atoms. The van der Waals surface area contributed by atoms with Gasteiger partial charge in [0.15, 0.2) is 11.5 Å². The van der Waals surface area contributed by atoms with Crippen LogP contribution in [0.2, 0.25) is 0 Å². The van der Waals surface area contributed by atoms with Crippen LogP contribution >= 0.6 is 0 Å². The summed E-state index contributed by atoms with van der Waals surface area (Å²) in [6, 6.07) is 24.9. The quantitative estimate of drug-likeness (QED) is 0.210. The van der Waals surface area contributed by atoms with E-state index >= 15 is 0 Å². The number of rotatable bonds is 12. The lowest BCUT2D eigenvalue weighted by molar-refractivity contribution is 0.170. The molecule has 7 nitrogen and oxygen atoms in total. The SMILES string of the molecule is COCCn1c(-c2ccccc2)nc(-c2ccc(OC)cc2)c1CN(Cc1ccc2c(c1)OCCO2)CC(C)C. The molecule has 0 spiro atoms. The van der Waals surface area contributed by atoms with Crippen molar-refractivity contribution in [3.63, 3.8) is 0 Å². The van der Waals surface area contributed by atoms with Crippen LogP contribution in [0.25, 0.3) is 22.6 Å². The van der Waals surface area contributed by atoms with Crippen LogP contribution in [0.5, 0.6) is 17.2 Å². The smallest absolute Gasteiger partial charge is 0.161 e. The maximum absolute atomic E-state index is 5.87. The molecule has 4 aromatic rings. The predicted molar refractivity (Wildman–Crippen MR) is 158 cm³/mol. The van der Waals surface area contributed by atoms with E-state index in [1.165, 1.54) is 11.3 Å². The number of hydrogen-bond acceptors (Lipinski definition) is 6. The molecule has 0 saturated heterocycles. The highest BCUT2D eigenvalue weighted by Crippen LogP contribution is 2.34. The molecule has 3 aromatic carbocycles. The minimum atomic E-state index is 0.491. The zero-order valence-electron chi connectivity index (χ0n) is 23.9. The van der Waals surface area contributed by atoms with Gasteiger partial charge in [-0.3, -0.25) is 4.90 Å². The third kappa shape index (κ3) is 6.49. The van der Waals surface area contributed by atoms with Gasteiger partial charge in [-0.15, -0.1) is 0 Å². The Kier molecular flexibility index (Phi) is 9.04. The number of aromatic nitrogens is 2. The van der Waals surface area contributed by atoms with Gasteiger partial charge in [-0.05, 0) is 47.9 Å². The molecule has 1 aliphatic heterocycles. The van der Waals surface area contributed by atoms with E-state index in [1.54, 1.807) is 14.2 Å². The molecule has 0 atom stereocenters. The standard InChI is InChI=1S/C33H39N3O4/c1-24(2)21-35(22-25-10-15-30-31(20-25)40-19-18-39-30)23-29-32(26-11-13-28(38-4)14-12-26)34-33(36(29)16-17-37-3)27-8-6-5-7-9-27/h5-15,20,24H,16-19,21-23H2,1-4H3. The van der Waals surface area contributed by atoms with Crippen LogP contribution < -0.4 is 14.2 Å². The molecule has 0 aliphatic carbocycles. The van der Waals surface area contributed by atoms with Gasteiger partial charge >= 0.3 is 0 Å². The Labute approximate surface area is 237 Å². The Balaban J connectivity index is 1.57. The Morgan fingerprint density at radius 1 is 0.875 bits per heavy atom. The summed E-state index contributed by atoms with van der Waals surface area (Å²) in [6.07, 6.45) is 0. The first kappa shape index (κ1) is 27.7. The van der Waals surface area contributed by atoms with E-state index in [0.29, 0.717) is 32.3 Å². The Morgan fingerprint density at radius 2 is 1.62 bits per heavy atom. The van der Waals surface area contributed by atoms with Gasteiger partial charge in [-0.1, -0.05) is 50.2 Å². The van der Waals surface area contributed by atoms with Crippen LogP contribution in [-0.4, -0.2) is 55.0 Å². The van der Waals surface area contributed by atoms with Gasteiger partial charge in [0.2, 0.25) is 0 Å². The number of nitrogens with zero attached hydrogens (tertiary/aromatic N) is 3. The van der Waals surface area contributed by atoms with Gasteiger partial charge in [0.1, 0.15) is 24.8 Å². The second-order valence-electron chi connectivity index (χ2n) is 10.5. The van der Waals surface area contributed by atoms with Crippen molar-refractivity contribution in [3.05, 3.63) is 84.1 Å². The normalized spacial score (nSPS) is 12.8. The molecule has 0 fully saturated rings. The van der Waals surface area contributed by atoms with Crippen molar-refractivity contribution in [1.82, 2.24) is 14.5 Å². The Morgan fingerprint density at radius 3 is 2.33 bits per heavy atom. The molecule has 0 amide bonds.